The van der Waals surface area contributed by atoms with Gasteiger partial charge in [-0.25, -0.2) is 4.39 Å². The Balaban J connectivity index is 1.74. The van der Waals surface area contributed by atoms with Gasteiger partial charge in [-0.3, -0.25) is 9.59 Å². The fraction of sp³-hybridized carbons (Fsp3) is 0.130. The second kappa shape index (κ2) is 7.64. The molecule has 1 heterocycles. The van der Waals surface area contributed by atoms with Crippen molar-refractivity contribution in [2.45, 2.75) is 6.04 Å². The van der Waals surface area contributed by atoms with E-state index in [1.165, 1.54) is 12.1 Å². The maximum Gasteiger partial charge on any atom is 0.255 e. The van der Waals surface area contributed by atoms with Crippen molar-refractivity contribution in [3.8, 4) is 11.1 Å². The second-order valence-corrected chi connectivity index (χ2v) is 6.66. The Hall–Kier alpha value is -3.47. The Morgan fingerprint density at radius 2 is 1.61 bits per heavy atom. The Morgan fingerprint density at radius 3 is 2.36 bits per heavy atom. The molecule has 1 aliphatic heterocycles. The largest absolute Gasteiger partial charge is 0.352 e. The van der Waals surface area contributed by atoms with Gasteiger partial charge in [-0.15, -0.1) is 0 Å². The number of amides is 2. The van der Waals surface area contributed by atoms with E-state index in [0.717, 1.165) is 11.1 Å². The molecule has 140 valence electrons. The topological polar surface area (TPSA) is 49.4 Å². The van der Waals surface area contributed by atoms with Gasteiger partial charge in [0.15, 0.2) is 0 Å². The molecule has 1 fully saturated rings. The zero-order valence-corrected chi connectivity index (χ0v) is 15.1. The van der Waals surface area contributed by atoms with Gasteiger partial charge in [-0.1, -0.05) is 60.7 Å². The second-order valence-electron chi connectivity index (χ2n) is 6.66. The SMILES string of the molecule is O=C1NCCN(C(=O)c2ccccc2-c2ccccc2)[C@@H]1c1ccc(F)cc1. The van der Waals surface area contributed by atoms with Crippen LogP contribution in [0.1, 0.15) is 22.0 Å². The van der Waals surface area contributed by atoms with Crippen LogP contribution in [-0.4, -0.2) is 29.8 Å². The fourth-order valence-corrected chi connectivity index (χ4v) is 3.56. The highest BCUT2D eigenvalue weighted by Gasteiger charge is 2.35. The first-order chi connectivity index (χ1) is 13.6. The maximum atomic E-state index is 13.5. The van der Waals surface area contributed by atoms with Crippen LogP contribution in [0.15, 0.2) is 78.9 Å². The average Bonchev–Trinajstić information content (AvgIpc) is 2.74. The van der Waals surface area contributed by atoms with Gasteiger partial charge < -0.3 is 10.2 Å². The van der Waals surface area contributed by atoms with Gasteiger partial charge in [0.1, 0.15) is 11.9 Å². The number of hydrogen-bond acceptors (Lipinski definition) is 2. The van der Waals surface area contributed by atoms with E-state index in [4.69, 9.17) is 0 Å². The molecule has 4 rings (SSSR count). The van der Waals surface area contributed by atoms with Crippen LogP contribution in [0, 0.1) is 5.82 Å². The summed E-state index contributed by atoms with van der Waals surface area (Å²) in [4.78, 5) is 27.6. The third-order valence-corrected chi connectivity index (χ3v) is 4.90. The summed E-state index contributed by atoms with van der Waals surface area (Å²) in [6.07, 6.45) is 0. The number of halogens is 1. The number of hydrogen-bond donors (Lipinski definition) is 1. The molecule has 0 spiro atoms. The molecule has 1 atom stereocenters. The molecule has 3 aromatic carbocycles. The molecular formula is C23H19FN2O2. The van der Waals surface area contributed by atoms with Gasteiger partial charge in [0.25, 0.3) is 5.91 Å². The molecule has 0 bridgehead atoms. The molecule has 0 radical (unpaired) electrons. The highest BCUT2D eigenvalue weighted by Crippen LogP contribution is 2.29. The summed E-state index contributed by atoms with van der Waals surface area (Å²) in [5.74, 6) is -0.862. The molecule has 1 N–H and O–H groups in total. The lowest BCUT2D eigenvalue weighted by molar-refractivity contribution is -0.128. The van der Waals surface area contributed by atoms with Crippen LogP contribution in [0.2, 0.25) is 0 Å². The Kier molecular flexibility index (Phi) is 4.89. The molecule has 5 heteroatoms. The predicted octanol–water partition coefficient (Wildman–Crippen LogP) is 3.81. The van der Waals surface area contributed by atoms with Crippen LogP contribution < -0.4 is 5.32 Å². The van der Waals surface area contributed by atoms with Crippen LogP contribution >= 0.6 is 0 Å². The van der Waals surface area contributed by atoms with Crippen molar-refractivity contribution in [3.05, 3.63) is 95.8 Å². The summed E-state index contributed by atoms with van der Waals surface area (Å²) >= 11 is 0. The summed E-state index contributed by atoms with van der Waals surface area (Å²) in [6, 6.07) is 22.0. The minimum atomic E-state index is -0.786. The lowest BCUT2D eigenvalue weighted by atomic mass is 9.96. The highest BCUT2D eigenvalue weighted by molar-refractivity contribution is 6.03. The third-order valence-electron chi connectivity index (χ3n) is 4.90. The molecule has 4 nitrogen and oxygen atoms in total. The van der Waals surface area contributed by atoms with Crippen LogP contribution in [0.25, 0.3) is 11.1 Å². The first kappa shape index (κ1) is 17.9. The summed E-state index contributed by atoms with van der Waals surface area (Å²) in [6.45, 7) is 0.769. The van der Waals surface area contributed by atoms with Gasteiger partial charge in [-0.2, -0.15) is 0 Å². The van der Waals surface area contributed by atoms with E-state index in [-0.39, 0.29) is 17.6 Å². The summed E-state index contributed by atoms with van der Waals surface area (Å²) < 4.78 is 13.3. The standard InChI is InChI=1S/C23H19FN2O2/c24-18-12-10-17(11-13-18)21-22(27)25-14-15-26(21)23(28)20-9-5-4-8-19(20)16-6-2-1-3-7-16/h1-13,21H,14-15H2,(H,25,27)/t21-/m1/s1. The van der Waals surface area contributed by atoms with Crippen LogP contribution in [0.3, 0.4) is 0 Å². The first-order valence-corrected chi connectivity index (χ1v) is 9.14. The van der Waals surface area contributed by atoms with Crippen LogP contribution in [-0.2, 0) is 4.79 Å². The van der Waals surface area contributed by atoms with Gasteiger partial charge in [0.05, 0.1) is 0 Å². The van der Waals surface area contributed by atoms with Crippen molar-refractivity contribution in [1.82, 2.24) is 10.2 Å². The minimum absolute atomic E-state index is 0.219. The highest BCUT2D eigenvalue weighted by atomic mass is 19.1. The van der Waals surface area contributed by atoms with Crippen molar-refractivity contribution < 1.29 is 14.0 Å². The molecule has 1 saturated heterocycles. The van der Waals surface area contributed by atoms with E-state index >= 15 is 0 Å². The van der Waals surface area contributed by atoms with E-state index in [9.17, 15) is 14.0 Å². The molecule has 0 aromatic heterocycles. The number of nitrogens with zero attached hydrogens (tertiary/aromatic N) is 1. The molecule has 0 aliphatic carbocycles. The Morgan fingerprint density at radius 1 is 0.929 bits per heavy atom. The molecular weight excluding hydrogens is 355 g/mol. The van der Waals surface area contributed by atoms with E-state index in [1.54, 1.807) is 23.1 Å². The Bertz CT molecular complexity index is 1000. The van der Waals surface area contributed by atoms with Crippen LogP contribution in [0.4, 0.5) is 4.39 Å². The van der Waals surface area contributed by atoms with Crippen LogP contribution in [0.5, 0.6) is 0 Å². The number of nitrogens with one attached hydrogen (secondary N) is 1. The number of carbonyl (C=O) groups excluding carboxylic acids is 2. The first-order valence-electron chi connectivity index (χ1n) is 9.14. The van der Waals surface area contributed by atoms with Crippen molar-refractivity contribution in [2.24, 2.45) is 0 Å². The zero-order chi connectivity index (χ0) is 19.5. The normalized spacial score (nSPS) is 16.5. The average molecular weight is 374 g/mol. The molecule has 0 unspecified atom stereocenters. The molecule has 3 aromatic rings. The summed E-state index contributed by atoms with van der Waals surface area (Å²) in [5, 5.41) is 2.80. The van der Waals surface area contributed by atoms with E-state index < -0.39 is 6.04 Å². The monoisotopic (exact) mass is 374 g/mol. The molecule has 28 heavy (non-hydrogen) atoms. The lowest BCUT2D eigenvalue weighted by Gasteiger charge is -2.35. The van der Waals surface area contributed by atoms with Crippen molar-refractivity contribution in [3.63, 3.8) is 0 Å². The van der Waals surface area contributed by atoms with Gasteiger partial charge in [0.2, 0.25) is 5.91 Å². The maximum absolute atomic E-state index is 13.5. The van der Waals surface area contributed by atoms with E-state index in [1.807, 2.05) is 48.5 Å². The fourth-order valence-electron chi connectivity index (χ4n) is 3.56. The lowest BCUT2D eigenvalue weighted by Crippen LogP contribution is -2.52. The minimum Gasteiger partial charge on any atom is -0.352 e. The van der Waals surface area contributed by atoms with Crippen molar-refractivity contribution in [2.75, 3.05) is 13.1 Å². The quantitative estimate of drug-likeness (QED) is 0.758. The van der Waals surface area contributed by atoms with E-state index in [0.29, 0.717) is 24.2 Å². The summed E-state index contributed by atoms with van der Waals surface area (Å²) in [7, 11) is 0. The molecule has 0 saturated carbocycles. The van der Waals surface area contributed by atoms with Gasteiger partial charge in [0, 0.05) is 18.7 Å². The van der Waals surface area contributed by atoms with E-state index in [2.05, 4.69) is 5.32 Å². The number of benzene rings is 3. The summed E-state index contributed by atoms with van der Waals surface area (Å²) in [5.41, 5.74) is 2.88. The number of rotatable bonds is 3. The zero-order valence-electron chi connectivity index (χ0n) is 15.1. The predicted molar refractivity (Wildman–Crippen MR) is 105 cm³/mol. The van der Waals surface area contributed by atoms with Crippen molar-refractivity contribution in [1.29, 1.82) is 0 Å². The smallest absolute Gasteiger partial charge is 0.255 e. The number of carbonyl (C=O) groups is 2. The van der Waals surface area contributed by atoms with Gasteiger partial charge >= 0.3 is 0 Å². The third kappa shape index (κ3) is 3.39. The molecule has 1 aliphatic rings. The van der Waals surface area contributed by atoms with Crippen molar-refractivity contribution >= 4 is 11.8 Å². The number of piperazine rings is 1. The molecule has 2 amide bonds. The van der Waals surface area contributed by atoms with Gasteiger partial charge in [-0.05, 0) is 34.9 Å². The Labute approximate surface area is 162 Å².